The summed E-state index contributed by atoms with van der Waals surface area (Å²) in [5.41, 5.74) is 1.79. The number of rotatable bonds is 5. The summed E-state index contributed by atoms with van der Waals surface area (Å²) in [6.07, 6.45) is 9.69. The molecule has 6 heteroatoms. The van der Waals surface area contributed by atoms with Crippen molar-refractivity contribution in [3.63, 3.8) is 0 Å². The van der Waals surface area contributed by atoms with Crippen LogP contribution in [0.25, 0.3) is 5.65 Å². The Balaban J connectivity index is 1.34. The summed E-state index contributed by atoms with van der Waals surface area (Å²) in [7, 11) is 0. The highest BCUT2D eigenvalue weighted by molar-refractivity contribution is 5.95. The maximum atomic E-state index is 13.0. The van der Waals surface area contributed by atoms with Crippen molar-refractivity contribution in [3.8, 4) is 0 Å². The highest BCUT2D eigenvalue weighted by Crippen LogP contribution is 2.59. The van der Waals surface area contributed by atoms with Crippen molar-refractivity contribution < 1.29 is 9.59 Å². The van der Waals surface area contributed by atoms with Gasteiger partial charge in [0.15, 0.2) is 0 Å². The number of nitrogens with zero attached hydrogens (tertiary/aromatic N) is 2. The summed E-state index contributed by atoms with van der Waals surface area (Å²) in [5, 5.41) is 5.98. The third-order valence-corrected chi connectivity index (χ3v) is 7.08. The first-order chi connectivity index (χ1) is 13.5. The Kier molecular flexibility index (Phi) is 4.18. The standard InChI is InChI=1S/C22H28N4O2/c1-2-23-20(27)17-12-26-18(4-3-5-19(26)25-17)21(28)24-13-22-9-14-6-15(10-22)8-16(7-14)11-22/h3-5,12,14-16H,2,6-11,13H2,1H3,(H,23,27)(H,24,28). The number of carbonyl (C=O) groups is 2. The van der Waals surface area contributed by atoms with Crippen LogP contribution >= 0.6 is 0 Å². The summed E-state index contributed by atoms with van der Waals surface area (Å²) in [6, 6.07) is 5.44. The van der Waals surface area contributed by atoms with Crippen LogP contribution in [0.1, 0.15) is 66.4 Å². The van der Waals surface area contributed by atoms with Gasteiger partial charge in [-0.15, -0.1) is 0 Å². The molecule has 0 radical (unpaired) electrons. The second kappa shape index (κ2) is 6.61. The molecule has 6 nitrogen and oxygen atoms in total. The molecule has 4 bridgehead atoms. The Hall–Kier alpha value is -2.37. The Morgan fingerprint density at radius 1 is 1.07 bits per heavy atom. The SMILES string of the molecule is CCNC(=O)c1cn2c(C(=O)NCC34CC5CC(CC(C5)C3)C4)cccc2n1. The van der Waals surface area contributed by atoms with Crippen LogP contribution in [0.3, 0.4) is 0 Å². The molecule has 4 saturated carbocycles. The highest BCUT2D eigenvalue weighted by atomic mass is 16.2. The molecule has 6 rings (SSSR count). The molecule has 4 fully saturated rings. The minimum Gasteiger partial charge on any atom is -0.351 e. The monoisotopic (exact) mass is 380 g/mol. The van der Waals surface area contributed by atoms with Crippen molar-refractivity contribution in [1.29, 1.82) is 0 Å². The molecule has 2 aromatic heterocycles. The number of pyridine rings is 1. The van der Waals surface area contributed by atoms with Gasteiger partial charge in [0.1, 0.15) is 17.0 Å². The van der Waals surface area contributed by atoms with Crippen molar-refractivity contribution in [3.05, 3.63) is 35.8 Å². The molecule has 0 aliphatic heterocycles. The molecule has 4 aliphatic carbocycles. The number of amides is 2. The maximum Gasteiger partial charge on any atom is 0.271 e. The quantitative estimate of drug-likeness (QED) is 0.837. The zero-order valence-corrected chi connectivity index (χ0v) is 16.4. The van der Waals surface area contributed by atoms with Gasteiger partial charge in [0, 0.05) is 19.3 Å². The number of hydrogen-bond acceptors (Lipinski definition) is 3. The smallest absolute Gasteiger partial charge is 0.271 e. The van der Waals surface area contributed by atoms with Gasteiger partial charge in [0.25, 0.3) is 11.8 Å². The van der Waals surface area contributed by atoms with Crippen LogP contribution in [-0.2, 0) is 0 Å². The molecular weight excluding hydrogens is 352 g/mol. The van der Waals surface area contributed by atoms with Crippen molar-refractivity contribution in [1.82, 2.24) is 20.0 Å². The average Bonchev–Trinajstić information content (AvgIpc) is 3.10. The molecule has 2 aromatic rings. The largest absolute Gasteiger partial charge is 0.351 e. The third kappa shape index (κ3) is 2.99. The van der Waals surface area contributed by atoms with Gasteiger partial charge in [-0.25, -0.2) is 4.98 Å². The molecule has 4 aliphatic rings. The molecule has 28 heavy (non-hydrogen) atoms. The third-order valence-electron chi connectivity index (χ3n) is 7.08. The summed E-state index contributed by atoms with van der Waals surface area (Å²) >= 11 is 0. The lowest BCUT2D eigenvalue weighted by molar-refractivity contribution is -0.0503. The molecule has 0 aromatic carbocycles. The molecule has 2 heterocycles. The molecule has 0 spiro atoms. The van der Waals surface area contributed by atoms with Gasteiger partial charge in [0.05, 0.1) is 0 Å². The van der Waals surface area contributed by atoms with Gasteiger partial charge < -0.3 is 10.6 Å². The second-order valence-electron chi connectivity index (χ2n) is 9.23. The Bertz CT molecular complexity index is 896. The fourth-order valence-electron chi connectivity index (χ4n) is 6.42. The van der Waals surface area contributed by atoms with Crippen LogP contribution in [0.2, 0.25) is 0 Å². The number of aromatic nitrogens is 2. The fraction of sp³-hybridized carbons (Fsp3) is 0.591. The van der Waals surface area contributed by atoms with Crippen LogP contribution < -0.4 is 10.6 Å². The van der Waals surface area contributed by atoms with Gasteiger partial charge in [-0.2, -0.15) is 0 Å². The Morgan fingerprint density at radius 3 is 2.39 bits per heavy atom. The predicted octanol–water partition coefficient (Wildman–Crippen LogP) is 3.03. The van der Waals surface area contributed by atoms with Gasteiger partial charge in [-0.05, 0) is 80.8 Å². The first-order valence-electron chi connectivity index (χ1n) is 10.6. The maximum absolute atomic E-state index is 13.0. The molecular formula is C22H28N4O2. The average molecular weight is 380 g/mol. The van der Waals surface area contributed by atoms with Crippen LogP contribution in [0.5, 0.6) is 0 Å². The number of fused-ring (bicyclic) bond motifs is 1. The molecule has 0 saturated heterocycles. The van der Waals surface area contributed by atoms with Gasteiger partial charge in [0.2, 0.25) is 0 Å². The lowest BCUT2D eigenvalue weighted by atomic mass is 9.49. The van der Waals surface area contributed by atoms with Crippen LogP contribution in [0.4, 0.5) is 0 Å². The summed E-state index contributed by atoms with van der Waals surface area (Å²) in [4.78, 5) is 29.4. The van der Waals surface area contributed by atoms with Crippen molar-refractivity contribution in [2.75, 3.05) is 13.1 Å². The van der Waals surface area contributed by atoms with Gasteiger partial charge in [-0.3, -0.25) is 14.0 Å². The van der Waals surface area contributed by atoms with E-state index in [1.807, 2.05) is 19.1 Å². The normalized spacial score (nSPS) is 30.5. The highest BCUT2D eigenvalue weighted by Gasteiger charge is 2.50. The topological polar surface area (TPSA) is 75.5 Å². The number of hydrogen-bond donors (Lipinski definition) is 2. The predicted molar refractivity (Wildman–Crippen MR) is 106 cm³/mol. The van der Waals surface area contributed by atoms with Crippen molar-refractivity contribution in [2.24, 2.45) is 23.2 Å². The van der Waals surface area contributed by atoms with Crippen LogP contribution in [0, 0.1) is 23.2 Å². The van der Waals surface area contributed by atoms with E-state index in [-0.39, 0.29) is 11.8 Å². The zero-order valence-electron chi connectivity index (χ0n) is 16.4. The number of nitrogens with one attached hydrogen (secondary N) is 2. The van der Waals surface area contributed by atoms with E-state index in [0.29, 0.717) is 29.0 Å². The second-order valence-corrected chi connectivity index (χ2v) is 9.23. The van der Waals surface area contributed by atoms with E-state index < -0.39 is 0 Å². The van der Waals surface area contributed by atoms with Gasteiger partial charge in [-0.1, -0.05) is 6.07 Å². The molecule has 2 amide bonds. The van der Waals surface area contributed by atoms with E-state index in [2.05, 4.69) is 15.6 Å². The van der Waals surface area contributed by atoms with E-state index in [4.69, 9.17) is 0 Å². The first-order valence-corrected chi connectivity index (χ1v) is 10.6. The first kappa shape index (κ1) is 17.7. The summed E-state index contributed by atoms with van der Waals surface area (Å²) in [5.74, 6) is 2.33. The van der Waals surface area contributed by atoms with Crippen molar-refractivity contribution in [2.45, 2.75) is 45.4 Å². The number of carbonyl (C=O) groups excluding carboxylic acids is 2. The molecule has 2 N–H and O–H groups in total. The lowest BCUT2D eigenvalue weighted by Crippen LogP contribution is -2.51. The molecule has 148 valence electrons. The number of imidazole rings is 1. The lowest BCUT2D eigenvalue weighted by Gasteiger charge is -2.56. The Morgan fingerprint density at radius 2 is 1.75 bits per heavy atom. The summed E-state index contributed by atoms with van der Waals surface area (Å²) in [6.45, 7) is 3.19. The molecule has 0 unspecified atom stereocenters. The van der Waals surface area contributed by atoms with E-state index >= 15 is 0 Å². The van der Waals surface area contributed by atoms with E-state index in [0.717, 1.165) is 24.3 Å². The molecule has 0 atom stereocenters. The van der Waals surface area contributed by atoms with Crippen LogP contribution in [-0.4, -0.2) is 34.3 Å². The minimum atomic E-state index is -0.217. The fourth-order valence-corrected chi connectivity index (χ4v) is 6.42. The van der Waals surface area contributed by atoms with Gasteiger partial charge >= 0.3 is 0 Å². The minimum absolute atomic E-state index is 0.0822. The summed E-state index contributed by atoms with van der Waals surface area (Å²) < 4.78 is 1.72. The van der Waals surface area contributed by atoms with E-state index in [1.165, 1.54) is 38.5 Å². The van der Waals surface area contributed by atoms with E-state index in [9.17, 15) is 9.59 Å². The van der Waals surface area contributed by atoms with Crippen LogP contribution in [0.15, 0.2) is 24.4 Å². The Labute approximate surface area is 165 Å². The van der Waals surface area contributed by atoms with E-state index in [1.54, 1.807) is 16.7 Å². The zero-order chi connectivity index (χ0) is 19.3. The van der Waals surface area contributed by atoms with Crippen molar-refractivity contribution >= 4 is 17.5 Å².